The SMILES string of the molecule is CCc1c(O)c(=O)cc(C)n1CC(F)(F)F. The molecule has 0 spiro atoms. The number of pyridine rings is 1. The van der Waals surface area contributed by atoms with Gasteiger partial charge < -0.3 is 9.67 Å². The number of hydrogen-bond donors (Lipinski definition) is 1. The number of halogens is 3. The van der Waals surface area contributed by atoms with E-state index >= 15 is 0 Å². The highest BCUT2D eigenvalue weighted by Crippen LogP contribution is 2.22. The molecular formula is C10H12F3NO2. The van der Waals surface area contributed by atoms with Gasteiger partial charge in [-0.15, -0.1) is 0 Å². The predicted octanol–water partition coefficient (Wildman–Crippen LogP) is 1.99. The van der Waals surface area contributed by atoms with Gasteiger partial charge in [0, 0.05) is 11.8 Å². The van der Waals surface area contributed by atoms with Gasteiger partial charge in [-0.1, -0.05) is 6.92 Å². The standard InChI is InChI=1S/C10H12F3NO2/c1-3-7-9(16)8(15)4-6(2)14(7)5-10(11,12)13/h4,16H,3,5H2,1-2H3. The van der Waals surface area contributed by atoms with Gasteiger partial charge >= 0.3 is 6.18 Å². The van der Waals surface area contributed by atoms with Gasteiger partial charge in [-0.05, 0) is 13.3 Å². The zero-order chi connectivity index (χ0) is 12.5. The summed E-state index contributed by atoms with van der Waals surface area (Å²) in [6, 6.07) is 1.00. The van der Waals surface area contributed by atoms with Crippen molar-refractivity contribution in [3.63, 3.8) is 0 Å². The fourth-order valence-corrected chi connectivity index (χ4v) is 1.58. The molecule has 16 heavy (non-hydrogen) atoms. The molecule has 0 fully saturated rings. The number of aromatic hydroxyl groups is 1. The number of nitrogens with zero attached hydrogens (tertiary/aromatic N) is 1. The van der Waals surface area contributed by atoms with Crippen molar-refractivity contribution in [3.8, 4) is 5.75 Å². The molecule has 0 aliphatic carbocycles. The van der Waals surface area contributed by atoms with E-state index in [-0.39, 0.29) is 17.8 Å². The molecular weight excluding hydrogens is 223 g/mol. The molecule has 0 aromatic carbocycles. The summed E-state index contributed by atoms with van der Waals surface area (Å²) in [4.78, 5) is 11.2. The minimum atomic E-state index is -4.38. The van der Waals surface area contributed by atoms with Crippen LogP contribution in [0, 0.1) is 6.92 Å². The summed E-state index contributed by atoms with van der Waals surface area (Å²) in [7, 11) is 0. The van der Waals surface area contributed by atoms with E-state index in [0.717, 1.165) is 10.6 Å². The first-order valence-electron chi connectivity index (χ1n) is 4.75. The van der Waals surface area contributed by atoms with Crippen LogP contribution in [-0.2, 0) is 13.0 Å². The number of alkyl halides is 3. The van der Waals surface area contributed by atoms with Crippen LogP contribution in [-0.4, -0.2) is 15.8 Å². The normalized spacial score (nSPS) is 11.8. The van der Waals surface area contributed by atoms with Crippen molar-refractivity contribution in [1.82, 2.24) is 4.57 Å². The molecule has 6 heteroatoms. The topological polar surface area (TPSA) is 42.2 Å². The van der Waals surface area contributed by atoms with Crippen LogP contribution < -0.4 is 5.43 Å². The van der Waals surface area contributed by atoms with Crippen molar-refractivity contribution in [2.24, 2.45) is 0 Å². The molecule has 0 saturated heterocycles. The molecule has 0 atom stereocenters. The third-order valence-electron chi connectivity index (χ3n) is 2.27. The van der Waals surface area contributed by atoms with Crippen LogP contribution in [0.2, 0.25) is 0 Å². The summed E-state index contributed by atoms with van der Waals surface area (Å²) in [5.74, 6) is -0.600. The van der Waals surface area contributed by atoms with Crippen molar-refractivity contribution >= 4 is 0 Å². The van der Waals surface area contributed by atoms with Crippen molar-refractivity contribution < 1.29 is 18.3 Å². The fraction of sp³-hybridized carbons (Fsp3) is 0.500. The maximum Gasteiger partial charge on any atom is 0.406 e. The van der Waals surface area contributed by atoms with Crippen LogP contribution in [0.4, 0.5) is 13.2 Å². The number of rotatable bonds is 2. The Bertz CT molecular complexity index is 449. The first-order chi connectivity index (χ1) is 7.26. The van der Waals surface area contributed by atoms with Gasteiger partial charge in [-0.2, -0.15) is 13.2 Å². The monoisotopic (exact) mass is 235 g/mol. The highest BCUT2D eigenvalue weighted by atomic mass is 19.4. The molecule has 1 heterocycles. The molecule has 0 aliphatic heterocycles. The van der Waals surface area contributed by atoms with Crippen molar-refractivity contribution in [1.29, 1.82) is 0 Å². The van der Waals surface area contributed by atoms with E-state index in [2.05, 4.69) is 0 Å². The molecule has 3 nitrogen and oxygen atoms in total. The van der Waals surface area contributed by atoms with Gasteiger partial charge in [0.25, 0.3) is 0 Å². The predicted molar refractivity (Wildman–Crippen MR) is 52.5 cm³/mol. The Balaban J connectivity index is 3.37. The minimum Gasteiger partial charge on any atom is -0.503 e. The van der Waals surface area contributed by atoms with Gasteiger partial charge in [0.1, 0.15) is 6.54 Å². The number of hydrogen-bond acceptors (Lipinski definition) is 2. The van der Waals surface area contributed by atoms with Gasteiger partial charge in [-0.25, -0.2) is 0 Å². The zero-order valence-corrected chi connectivity index (χ0v) is 8.93. The third-order valence-corrected chi connectivity index (χ3v) is 2.27. The molecule has 1 aromatic rings. The largest absolute Gasteiger partial charge is 0.503 e. The second-order valence-corrected chi connectivity index (χ2v) is 3.50. The molecule has 1 aromatic heterocycles. The Kier molecular flexibility index (Phi) is 3.30. The maximum atomic E-state index is 12.3. The van der Waals surface area contributed by atoms with E-state index in [1.807, 2.05) is 0 Å². The maximum absolute atomic E-state index is 12.3. The highest BCUT2D eigenvalue weighted by Gasteiger charge is 2.29. The Hall–Kier alpha value is -1.46. The highest BCUT2D eigenvalue weighted by molar-refractivity contribution is 5.29. The molecule has 0 saturated carbocycles. The first-order valence-corrected chi connectivity index (χ1v) is 4.75. The molecule has 0 amide bonds. The van der Waals surface area contributed by atoms with E-state index in [1.54, 1.807) is 6.92 Å². The van der Waals surface area contributed by atoms with Crippen LogP contribution in [0.25, 0.3) is 0 Å². The smallest absolute Gasteiger partial charge is 0.406 e. The molecule has 0 bridgehead atoms. The average molecular weight is 235 g/mol. The van der Waals surface area contributed by atoms with Crippen LogP contribution >= 0.6 is 0 Å². The Morgan fingerprint density at radius 2 is 2.00 bits per heavy atom. The van der Waals surface area contributed by atoms with E-state index in [0.29, 0.717) is 0 Å². The quantitative estimate of drug-likeness (QED) is 0.851. The molecule has 0 radical (unpaired) electrons. The van der Waals surface area contributed by atoms with Crippen LogP contribution in [0.15, 0.2) is 10.9 Å². The van der Waals surface area contributed by atoms with E-state index in [9.17, 15) is 23.1 Å². The Labute approximate surface area is 90.1 Å². The van der Waals surface area contributed by atoms with Gasteiger partial charge in [-0.3, -0.25) is 4.79 Å². The third kappa shape index (κ3) is 2.56. The lowest BCUT2D eigenvalue weighted by Gasteiger charge is -2.18. The first kappa shape index (κ1) is 12.6. The molecule has 0 aliphatic rings. The Morgan fingerprint density at radius 3 is 2.44 bits per heavy atom. The van der Waals surface area contributed by atoms with Crippen molar-refractivity contribution in [2.75, 3.05) is 0 Å². The molecule has 1 rings (SSSR count). The van der Waals surface area contributed by atoms with Crippen molar-refractivity contribution in [3.05, 3.63) is 27.7 Å². The van der Waals surface area contributed by atoms with E-state index < -0.39 is 23.9 Å². The zero-order valence-electron chi connectivity index (χ0n) is 8.93. The molecule has 90 valence electrons. The lowest BCUT2D eigenvalue weighted by atomic mass is 10.2. The minimum absolute atomic E-state index is 0.0160. The molecule has 1 N–H and O–H groups in total. The summed E-state index contributed by atoms with van der Waals surface area (Å²) in [5, 5.41) is 9.40. The number of aryl methyl sites for hydroxylation is 1. The van der Waals surface area contributed by atoms with E-state index in [1.165, 1.54) is 6.92 Å². The lowest BCUT2D eigenvalue weighted by Crippen LogP contribution is -2.24. The number of aromatic nitrogens is 1. The van der Waals surface area contributed by atoms with Crippen molar-refractivity contribution in [2.45, 2.75) is 33.0 Å². The average Bonchev–Trinajstić information content (AvgIpc) is 2.13. The second-order valence-electron chi connectivity index (χ2n) is 3.50. The summed E-state index contributed by atoms with van der Waals surface area (Å²) in [6.45, 7) is 1.79. The summed E-state index contributed by atoms with van der Waals surface area (Å²) in [6.07, 6.45) is -4.21. The molecule has 0 unspecified atom stereocenters. The fourth-order valence-electron chi connectivity index (χ4n) is 1.58. The van der Waals surface area contributed by atoms with Gasteiger partial charge in [0.05, 0.1) is 5.69 Å². The summed E-state index contributed by atoms with van der Waals surface area (Å²) in [5.41, 5.74) is -0.438. The summed E-state index contributed by atoms with van der Waals surface area (Å²) < 4.78 is 37.8. The summed E-state index contributed by atoms with van der Waals surface area (Å²) >= 11 is 0. The Morgan fingerprint density at radius 1 is 1.44 bits per heavy atom. The van der Waals surface area contributed by atoms with Crippen LogP contribution in [0.5, 0.6) is 5.75 Å². The van der Waals surface area contributed by atoms with Gasteiger partial charge in [0.15, 0.2) is 5.75 Å². The van der Waals surface area contributed by atoms with Crippen LogP contribution in [0.3, 0.4) is 0 Å². The van der Waals surface area contributed by atoms with Gasteiger partial charge in [0.2, 0.25) is 5.43 Å². The lowest BCUT2D eigenvalue weighted by molar-refractivity contribution is -0.141. The second kappa shape index (κ2) is 4.19. The van der Waals surface area contributed by atoms with E-state index in [4.69, 9.17) is 0 Å². The van der Waals surface area contributed by atoms with Crippen LogP contribution in [0.1, 0.15) is 18.3 Å².